The van der Waals surface area contributed by atoms with Crippen molar-refractivity contribution in [3.8, 4) is 0 Å². The third-order valence-electron chi connectivity index (χ3n) is 4.24. The second-order valence-corrected chi connectivity index (χ2v) is 7.57. The van der Waals surface area contributed by atoms with Crippen LogP contribution in [-0.2, 0) is 17.9 Å². The van der Waals surface area contributed by atoms with Gasteiger partial charge in [0.15, 0.2) is 5.82 Å². The van der Waals surface area contributed by atoms with E-state index in [0.717, 1.165) is 4.68 Å². The van der Waals surface area contributed by atoms with Crippen molar-refractivity contribution in [1.82, 2.24) is 19.6 Å². The van der Waals surface area contributed by atoms with Gasteiger partial charge in [0.2, 0.25) is 11.6 Å². The summed E-state index contributed by atoms with van der Waals surface area (Å²) >= 11 is 9.22. The number of anilines is 1. The van der Waals surface area contributed by atoms with Crippen LogP contribution in [0.2, 0.25) is 5.02 Å². The number of nitro groups is 1. The largest absolute Gasteiger partial charge is 0.319 e. The van der Waals surface area contributed by atoms with Crippen molar-refractivity contribution in [3.05, 3.63) is 66.8 Å². The molecule has 0 unspecified atom stereocenters. The number of rotatable bonds is 7. The molecule has 2 aromatic heterocycles. The lowest BCUT2D eigenvalue weighted by molar-refractivity contribution is -0.386. The number of benzene rings is 1. The number of halogens is 5. The lowest BCUT2D eigenvalue weighted by Crippen LogP contribution is -2.21. The highest BCUT2D eigenvalue weighted by Gasteiger charge is 2.31. The maximum atomic E-state index is 14.0. The van der Waals surface area contributed by atoms with Gasteiger partial charge in [-0.2, -0.15) is 10.2 Å². The first-order valence-corrected chi connectivity index (χ1v) is 9.71. The Morgan fingerprint density at radius 2 is 2.10 bits per heavy atom. The Morgan fingerprint density at radius 3 is 2.68 bits per heavy atom. The Labute approximate surface area is 186 Å². The van der Waals surface area contributed by atoms with E-state index < -0.39 is 41.0 Å². The molecule has 0 aliphatic carbocycles. The van der Waals surface area contributed by atoms with Gasteiger partial charge in [-0.15, -0.1) is 0 Å². The van der Waals surface area contributed by atoms with E-state index in [1.54, 1.807) is 0 Å². The second-order valence-electron chi connectivity index (χ2n) is 6.31. The average Bonchev–Trinajstić information content (AvgIpc) is 3.18. The fraction of sp³-hybridized carbons (Fsp3) is 0.235. The third kappa shape index (κ3) is 4.88. The van der Waals surface area contributed by atoms with Gasteiger partial charge in [0.05, 0.1) is 15.9 Å². The van der Waals surface area contributed by atoms with Gasteiger partial charge in [-0.3, -0.25) is 24.3 Å². The molecule has 3 rings (SSSR count). The molecule has 164 valence electrons. The van der Waals surface area contributed by atoms with Crippen LogP contribution in [0.3, 0.4) is 0 Å². The number of carbonyl (C=O) groups excluding carboxylic acids is 1. The number of nitrogens with one attached hydrogen (secondary N) is 1. The maximum absolute atomic E-state index is 14.0. The van der Waals surface area contributed by atoms with Gasteiger partial charge in [-0.25, -0.2) is 13.2 Å². The molecule has 0 spiro atoms. The van der Waals surface area contributed by atoms with Crippen molar-refractivity contribution < 1.29 is 22.9 Å². The van der Waals surface area contributed by atoms with Crippen molar-refractivity contribution in [2.24, 2.45) is 0 Å². The number of nitrogens with zero attached hydrogens (tertiary/aromatic N) is 5. The first-order chi connectivity index (χ1) is 14.6. The van der Waals surface area contributed by atoms with Crippen LogP contribution >= 0.6 is 27.5 Å². The molecule has 0 aliphatic heterocycles. The van der Waals surface area contributed by atoms with Crippen LogP contribution in [-0.4, -0.2) is 30.4 Å². The van der Waals surface area contributed by atoms with Gasteiger partial charge < -0.3 is 5.32 Å². The van der Waals surface area contributed by atoms with Gasteiger partial charge in [-0.1, -0.05) is 17.7 Å². The highest BCUT2D eigenvalue weighted by molar-refractivity contribution is 9.10. The van der Waals surface area contributed by atoms with Gasteiger partial charge in [0.25, 0.3) is 6.43 Å². The number of aromatic nitrogens is 4. The summed E-state index contributed by atoms with van der Waals surface area (Å²) in [6, 6.07) is 4.25. The van der Waals surface area contributed by atoms with Crippen LogP contribution < -0.4 is 5.32 Å². The summed E-state index contributed by atoms with van der Waals surface area (Å²) in [6.07, 6.45) is -1.68. The topological polar surface area (TPSA) is 108 Å². The number of hydrogen-bond donors (Lipinski definition) is 1. The molecule has 2 heterocycles. The van der Waals surface area contributed by atoms with Crippen LogP contribution in [0.4, 0.5) is 24.7 Å². The molecule has 14 heteroatoms. The second kappa shape index (κ2) is 9.06. The van der Waals surface area contributed by atoms with Crippen molar-refractivity contribution in [1.29, 1.82) is 0 Å². The van der Waals surface area contributed by atoms with E-state index in [4.69, 9.17) is 11.6 Å². The Balaban J connectivity index is 1.76. The standard InChI is InChI=1S/C17H13BrClF3N6O3/c1-8-15(28(30)31)14(16(21)22)24-27(8)7-13(29)23-17-10(18)6-26(25-17)5-9-11(19)3-2-4-12(9)20/h2-4,6,16H,5,7H2,1H3,(H,23,25,29). The minimum Gasteiger partial charge on any atom is -0.307 e. The molecule has 0 radical (unpaired) electrons. The van der Waals surface area contributed by atoms with Gasteiger partial charge in [-0.05, 0) is 35.0 Å². The molecule has 3 aromatic rings. The van der Waals surface area contributed by atoms with Crippen LogP contribution in [0.1, 0.15) is 23.4 Å². The highest BCUT2D eigenvalue weighted by Crippen LogP contribution is 2.31. The van der Waals surface area contributed by atoms with Crippen molar-refractivity contribution in [2.45, 2.75) is 26.4 Å². The van der Waals surface area contributed by atoms with Gasteiger partial charge in [0, 0.05) is 16.8 Å². The number of carbonyl (C=O) groups is 1. The predicted octanol–water partition coefficient (Wildman–Crippen LogP) is 4.48. The first kappa shape index (κ1) is 22.7. The molecule has 0 fully saturated rings. The molecule has 0 saturated heterocycles. The summed E-state index contributed by atoms with van der Waals surface area (Å²) in [4.78, 5) is 22.4. The van der Waals surface area contributed by atoms with Crippen molar-refractivity contribution in [2.75, 3.05) is 5.32 Å². The minimum absolute atomic E-state index is 0.0117. The maximum Gasteiger partial charge on any atom is 0.319 e. The van der Waals surface area contributed by atoms with Crippen molar-refractivity contribution >= 4 is 44.9 Å². The van der Waals surface area contributed by atoms with Gasteiger partial charge in [0.1, 0.15) is 18.1 Å². The number of amides is 1. The number of alkyl halides is 2. The molecule has 9 nitrogen and oxygen atoms in total. The quantitative estimate of drug-likeness (QED) is 0.364. The SMILES string of the molecule is Cc1c([N+](=O)[O-])c(C(F)F)nn1CC(=O)Nc1nn(Cc2c(F)cccc2Cl)cc1Br. The molecular weight excluding hydrogens is 509 g/mol. The van der Waals surface area contributed by atoms with Crippen LogP contribution in [0.15, 0.2) is 28.9 Å². The normalized spacial score (nSPS) is 11.2. The monoisotopic (exact) mass is 520 g/mol. The summed E-state index contributed by atoms with van der Waals surface area (Å²) in [5.41, 5.74) is -1.83. The Bertz CT molecular complexity index is 1150. The van der Waals surface area contributed by atoms with Crippen LogP contribution in [0.5, 0.6) is 0 Å². The fourth-order valence-corrected chi connectivity index (χ4v) is 3.44. The minimum atomic E-state index is -3.17. The lowest BCUT2D eigenvalue weighted by Gasteiger charge is -2.06. The molecule has 1 N–H and O–H groups in total. The zero-order valence-corrected chi connectivity index (χ0v) is 18.0. The zero-order valence-electron chi connectivity index (χ0n) is 15.7. The van der Waals surface area contributed by atoms with E-state index in [9.17, 15) is 28.1 Å². The summed E-state index contributed by atoms with van der Waals surface area (Å²) in [5.74, 6) is -1.16. The first-order valence-electron chi connectivity index (χ1n) is 8.54. The zero-order chi connectivity index (χ0) is 22.9. The number of hydrogen-bond acceptors (Lipinski definition) is 5. The summed E-state index contributed by atoms with van der Waals surface area (Å²) < 4.78 is 42.5. The van der Waals surface area contributed by atoms with E-state index in [-0.39, 0.29) is 28.6 Å². The molecule has 1 aromatic carbocycles. The van der Waals surface area contributed by atoms with Crippen LogP contribution in [0.25, 0.3) is 0 Å². The molecule has 0 atom stereocenters. The highest BCUT2D eigenvalue weighted by atomic mass is 79.9. The van der Waals surface area contributed by atoms with Crippen molar-refractivity contribution in [3.63, 3.8) is 0 Å². The average molecular weight is 522 g/mol. The summed E-state index contributed by atoms with van der Waals surface area (Å²) in [7, 11) is 0. The van der Waals surface area contributed by atoms with Crippen LogP contribution in [0, 0.1) is 22.9 Å². The molecule has 0 aliphatic rings. The molecule has 31 heavy (non-hydrogen) atoms. The lowest BCUT2D eigenvalue weighted by atomic mass is 10.2. The Morgan fingerprint density at radius 1 is 1.39 bits per heavy atom. The molecule has 1 amide bonds. The molecule has 0 saturated carbocycles. The molecule has 0 bridgehead atoms. The summed E-state index contributed by atoms with van der Waals surface area (Å²) in [6.45, 7) is 0.646. The Hall–Kier alpha value is -2.93. The predicted molar refractivity (Wildman–Crippen MR) is 108 cm³/mol. The van der Waals surface area contributed by atoms with E-state index in [2.05, 4.69) is 31.4 Å². The fourth-order valence-electron chi connectivity index (χ4n) is 2.80. The smallest absolute Gasteiger partial charge is 0.307 e. The molecular formula is C17H13BrClF3N6O3. The van der Waals surface area contributed by atoms with E-state index >= 15 is 0 Å². The van der Waals surface area contributed by atoms with Gasteiger partial charge >= 0.3 is 5.69 Å². The Kier molecular flexibility index (Phi) is 6.65. The van der Waals surface area contributed by atoms with E-state index in [0.29, 0.717) is 4.47 Å². The summed E-state index contributed by atoms with van der Waals surface area (Å²) in [5, 5.41) is 21.3. The third-order valence-corrected chi connectivity index (χ3v) is 5.17. The van der Waals surface area contributed by atoms with E-state index in [1.165, 1.54) is 36.0 Å². The van der Waals surface area contributed by atoms with E-state index in [1.807, 2.05) is 0 Å².